The van der Waals surface area contributed by atoms with E-state index < -0.39 is 0 Å². The summed E-state index contributed by atoms with van der Waals surface area (Å²) in [6.45, 7) is 9.07. The van der Waals surface area contributed by atoms with Crippen molar-refractivity contribution >= 4 is 17.0 Å². The first-order chi connectivity index (χ1) is 12.2. The Labute approximate surface area is 181 Å². The van der Waals surface area contributed by atoms with Gasteiger partial charge in [-0.05, 0) is 55.9 Å². The number of hydrogen-bond acceptors (Lipinski definition) is 1. The molecule has 0 aliphatic rings. The first kappa shape index (κ1) is 28.9. The molecule has 0 amide bonds. The highest BCUT2D eigenvalue weighted by molar-refractivity contribution is 8.93. The second-order valence-corrected chi connectivity index (χ2v) is 8.14. The van der Waals surface area contributed by atoms with Crippen LogP contribution in [-0.2, 0) is 6.42 Å². The van der Waals surface area contributed by atoms with Crippen molar-refractivity contribution in [3.63, 3.8) is 0 Å². The van der Waals surface area contributed by atoms with Crippen LogP contribution >= 0.6 is 17.0 Å². The minimum absolute atomic E-state index is 0. The van der Waals surface area contributed by atoms with Crippen molar-refractivity contribution in [3.8, 4) is 0 Å². The lowest BCUT2D eigenvalue weighted by Gasteiger charge is -2.11. The Bertz CT molecular complexity index is 456. The molecule has 0 aliphatic carbocycles. The van der Waals surface area contributed by atoms with Crippen molar-refractivity contribution in [1.29, 1.82) is 0 Å². The molecule has 1 aromatic carbocycles. The van der Waals surface area contributed by atoms with Crippen LogP contribution in [0, 0.1) is 20.8 Å². The van der Waals surface area contributed by atoms with Crippen LogP contribution in [0.3, 0.4) is 0 Å². The minimum atomic E-state index is 0. The zero-order chi connectivity index (χ0) is 18.3. The van der Waals surface area contributed by atoms with Crippen molar-refractivity contribution in [1.82, 2.24) is 6.15 Å². The monoisotopic (exact) mass is 441 g/mol. The second kappa shape index (κ2) is 19.0. The summed E-state index contributed by atoms with van der Waals surface area (Å²) >= 11 is 0. The molecule has 3 N–H and O–H groups in total. The van der Waals surface area contributed by atoms with Gasteiger partial charge in [0.2, 0.25) is 0 Å². The van der Waals surface area contributed by atoms with Gasteiger partial charge in [-0.25, -0.2) is 0 Å². The molecule has 0 heterocycles. The lowest BCUT2D eigenvalue weighted by Crippen LogP contribution is -1.95. The summed E-state index contributed by atoms with van der Waals surface area (Å²) in [4.78, 5) is 0. The number of benzene rings is 1. The fourth-order valence-corrected chi connectivity index (χ4v) is 3.79. The SMILES string of the molecule is Br.CCCCCCCCCCCCCCCCc1ccc(C)c(C)c1C.N. The molecular weight excluding hydrogens is 394 g/mol. The van der Waals surface area contributed by atoms with Gasteiger partial charge in [0, 0.05) is 0 Å². The normalized spacial score (nSPS) is 10.4. The molecule has 160 valence electrons. The Morgan fingerprint density at radius 1 is 0.556 bits per heavy atom. The van der Waals surface area contributed by atoms with Gasteiger partial charge in [0.1, 0.15) is 0 Å². The molecule has 0 saturated heterocycles. The average molecular weight is 443 g/mol. The van der Waals surface area contributed by atoms with Crippen LogP contribution in [0.25, 0.3) is 0 Å². The maximum atomic E-state index is 2.35. The summed E-state index contributed by atoms with van der Waals surface area (Å²) in [6.07, 6.45) is 21.4. The van der Waals surface area contributed by atoms with Gasteiger partial charge in [-0.2, -0.15) is 0 Å². The molecule has 0 aliphatic heterocycles. The molecular formula is C25H48BrN. The summed E-state index contributed by atoms with van der Waals surface area (Å²) < 4.78 is 0. The van der Waals surface area contributed by atoms with Gasteiger partial charge in [-0.1, -0.05) is 103 Å². The fraction of sp³-hybridized carbons (Fsp3) is 0.760. The molecule has 1 rings (SSSR count). The van der Waals surface area contributed by atoms with E-state index in [4.69, 9.17) is 0 Å². The van der Waals surface area contributed by atoms with Gasteiger partial charge in [-0.15, -0.1) is 17.0 Å². The third kappa shape index (κ3) is 13.5. The molecule has 0 saturated carbocycles. The van der Waals surface area contributed by atoms with Gasteiger partial charge in [0.05, 0.1) is 0 Å². The van der Waals surface area contributed by atoms with Gasteiger partial charge in [0.15, 0.2) is 0 Å². The maximum Gasteiger partial charge on any atom is -0.0276 e. The number of rotatable bonds is 15. The predicted octanol–water partition coefficient (Wildman–Crippen LogP) is 9.38. The molecule has 0 spiro atoms. The third-order valence-corrected chi connectivity index (χ3v) is 5.97. The van der Waals surface area contributed by atoms with Gasteiger partial charge >= 0.3 is 0 Å². The van der Waals surface area contributed by atoms with Crippen LogP contribution in [0.4, 0.5) is 0 Å². The lowest BCUT2D eigenvalue weighted by molar-refractivity contribution is 0.535. The van der Waals surface area contributed by atoms with E-state index in [-0.39, 0.29) is 23.1 Å². The highest BCUT2D eigenvalue weighted by Gasteiger charge is 2.03. The Morgan fingerprint density at radius 2 is 0.963 bits per heavy atom. The molecule has 2 heteroatoms. The van der Waals surface area contributed by atoms with Crippen LogP contribution in [0.5, 0.6) is 0 Å². The number of aryl methyl sites for hydroxylation is 2. The standard InChI is InChI=1S/C25H44.BrH.H3N/c1-5-6-7-8-9-10-11-12-13-14-15-16-17-18-19-25-21-20-22(2)23(3)24(25)4;;/h20-21H,5-19H2,1-4H3;1H;1H3. The van der Waals surface area contributed by atoms with Crippen molar-refractivity contribution in [3.05, 3.63) is 34.4 Å². The average Bonchev–Trinajstić information content (AvgIpc) is 2.61. The van der Waals surface area contributed by atoms with Gasteiger partial charge < -0.3 is 6.15 Å². The quantitative estimate of drug-likeness (QED) is 0.270. The highest BCUT2D eigenvalue weighted by Crippen LogP contribution is 2.20. The number of halogens is 1. The summed E-state index contributed by atoms with van der Waals surface area (Å²) in [7, 11) is 0. The van der Waals surface area contributed by atoms with E-state index >= 15 is 0 Å². The summed E-state index contributed by atoms with van der Waals surface area (Å²) in [5.41, 5.74) is 6.02. The van der Waals surface area contributed by atoms with E-state index in [0.29, 0.717) is 0 Å². The van der Waals surface area contributed by atoms with Crippen molar-refractivity contribution in [2.24, 2.45) is 0 Å². The predicted molar refractivity (Wildman–Crippen MR) is 130 cm³/mol. The molecule has 27 heavy (non-hydrogen) atoms. The molecule has 1 aromatic rings. The second-order valence-electron chi connectivity index (χ2n) is 8.14. The minimum Gasteiger partial charge on any atom is -0.344 e. The van der Waals surface area contributed by atoms with Crippen LogP contribution in [-0.4, -0.2) is 0 Å². The zero-order valence-corrected chi connectivity index (χ0v) is 20.6. The van der Waals surface area contributed by atoms with Crippen LogP contribution in [0.15, 0.2) is 12.1 Å². The summed E-state index contributed by atoms with van der Waals surface area (Å²) in [6, 6.07) is 4.64. The lowest BCUT2D eigenvalue weighted by atomic mass is 9.95. The van der Waals surface area contributed by atoms with E-state index in [1.807, 2.05) is 0 Å². The van der Waals surface area contributed by atoms with Crippen molar-refractivity contribution in [2.45, 2.75) is 124 Å². The molecule has 0 bridgehead atoms. The van der Waals surface area contributed by atoms with E-state index in [0.717, 1.165) is 0 Å². The molecule has 0 atom stereocenters. The number of unbranched alkanes of at least 4 members (excludes halogenated alkanes) is 13. The highest BCUT2D eigenvalue weighted by atomic mass is 79.9. The van der Waals surface area contributed by atoms with Crippen LogP contribution in [0.1, 0.15) is 119 Å². The molecule has 1 nitrogen and oxygen atoms in total. The first-order valence-electron chi connectivity index (χ1n) is 11.2. The smallest absolute Gasteiger partial charge is 0.0276 e. The van der Waals surface area contributed by atoms with E-state index in [1.165, 1.54) is 113 Å². The Balaban J connectivity index is 0. The fourth-order valence-electron chi connectivity index (χ4n) is 3.79. The maximum absolute atomic E-state index is 2.35. The Hall–Kier alpha value is -0.340. The molecule has 0 radical (unpaired) electrons. The number of hydrogen-bond donors (Lipinski definition) is 1. The zero-order valence-electron chi connectivity index (χ0n) is 18.9. The van der Waals surface area contributed by atoms with Crippen LogP contribution in [0.2, 0.25) is 0 Å². The van der Waals surface area contributed by atoms with Crippen LogP contribution < -0.4 is 6.15 Å². The summed E-state index contributed by atoms with van der Waals surface area (Å²) in [5.74, 6) is 0. The van der Waals surface area contributed by atoms with E-state index in [2.05, 4.69) is 39.8 Å². The van der Waals surface area contributed by atoms with Gasteiger partial charge in [0.25, 0.3) is 0 Å². The Morgan fingerprint density at radius 3 is 1.41 bits per heavy atom. The van der Waals surface area contributed by atoms with Gasteiger partial charge in [-0.3, -0.25) is 0 Å². The molecule has 0 fully saturated rings. The van der Waals surface area contributed by atoms with Crippen molar-refractivity contribution in [2.75, 3.05) is 0 Å². The van der Waals surface area contributed by atoms with Crippen molar-refractivity contribution < 1.29 is 0 Å². The molecule has 0 unspecified atom stereocenters. The van der Waals surface area contributed by atoms with E-state index in [9.17, 15) is 0 Å². The molecule has 0 aromatic heterocycles. The largest absolute Gasteiger partial charge is 0.344 e. The van der Waals surface area contributed by atoms with E-state index in [1.54, 1.807) is 5.56 Å². The topological polar surface area (TPSA) is 35.0 Å². The third-order valence-electron chi connectivity index (χ3n) is 5.97. The Kier molecular flexibility index (Phi) is 20.3. The first-order valence-corrected chi connectivity index (χ1v) is 11.2. The summed E-state index contributed by atoms with van der Waals surface area (Å²) in [5, 5.41) is 0.